The molecule has 0 saturated heterocycles. The molecule has 1 saturated carbocycles. The molecule has 0 aromatic heterocycles. The van der Waals surface area contributed by atoms with E-state index in [2.05, 4.69) is 21.2 Å². The van der Waals surface area contributed by atoms with E-state index in [9.17, 15) is 9.59 Å². The molecule has 1 amide bonds. The van der Waals surface area contributed by atoms with Crippen molar-refractivity contribution in [3.63, 3.8) is 0 Å². The fourth-order valence-electron chi connectivity index (χ4n) is 2.49. The quantitative estimate of drug-likeness (QED) is 0.566. The van der Waals surface area contributed by atoms with Gasteiger partial charge >= 0.3 is 5.97 Å². The van der Waals surface area contributed by atoms with Crippen molar-refractivity contribution in [1.82, 2.24) is 5.32 Å². The number of aryl methyl sites for hydroxylation is 1. The molecular weight excluding hydrogens is 394 g/mol. The average Bonchev–Trinajstić information content (AvgIpc) is 3.43. The number of esters is 1. The van der Waals surface area contributed by atoms with E-state index in [-0.39, 0.29) is 11.9 Å². The van der Waals surface area contributed by atoms with Gasteiger partial charge in [-0.1, -0.05) is 58.4 Å². The van der Waals surface area contributed by atoms with Crippen LogP contribution < -0.4 is 5.32 Å². The lowest BCUT2D eigenvalue weighted by atomic mass is 10.1. The molecule has 0 unspecified atom stereocenters. The molecule has 134 valence electrons. The van der Waals surface area contributed by atoms with Crippen LogP contribution in [0, 0.1) is 6.92 Å². The number of halogens is 1. The second kappa shape index (κ2) is 8.32. The maximum atomic E-state index is 12.5. The minimum atomic E-state index is -0.949. The number of amides is 1. The van der Waals surface area contributed by atoms with Crippen molar-refractivity contribution in [2.45, 2.75) is 31.9 Å². The number of ether oxygens (including phenoxy) is 1. The highest BCUT2D eigenvalue weighted by molar-refractivity contribution is 9.10. The van der Waals surface area contributed by atoms with Gasteiger partial charge in [0.2, 0.25) is 6.10 Å². The summed E-state index contributed by atoms with van der Waals surface area (Å²) in [5.41, 5.74) is 2.65. The summed E-state index contributed by atoms with van der Waals surface area (Å²) in [5.74, 6) is -0.839. The fourth-order valence-corrected chi connectivity index (χ4v) is 3.11. The summed E-state index contributed by atoms with van der Waals surface area (Å²) in [7, 11) is 0. The minimum Gasteiger partial charge on any atom is -0.444 e. The molecule has 26 heavy (non-hydrogen) atoms. The first-order chi connectivity index (χ1) is 12.5. The number of hydrogen-bond donors (Lipinski definition) is 1. The second-order valence-electron chi connectivity index (χ2n) is 6.37. The summed E-state index contributed by atoms with van der Waals surface area (Å²) < 4.78 is 6.36. The predicted molar refractivity (Wildman–Crippen MR) is 104 cm³/mol. The van der Waals surface area contributed by atoms with Crippen molar-refractivity contribution in [2.24, 2.45) is 0 Å². The Balaban J connectivity index is 1.72. The highest BCUT2D eigenvalue weighted by atomic mass is 79.9. The zero-order valence-corrected chi connectivity index (χ0v) is 16.0. The third kappa shape index (κ3) is 5.05. The molecule has 0 bridgehead atoms. The summed E-state index contributed by atoms with van der Waals surface area (Å²) >= 11 is 3.47. The molecule has 5 heteroatoms. The molecular formula is C21H20BrNO3. The molecule has 0 aliphatic heterocycles. The summed E-state index contributed by atoms with van der Waals surface area (Å²) in [6.45, 7) is 2.00. The molecule has 2 aromatic rings. The van der Waals surface area contributed by atoms with Crippen LogP contribution in [-0.2, 0) is 14.3 Å². The van der Waals surface area contributed by atoms with E-state index < -0.39 is 12.1 Å². The summed E-state index contributed by atoms with van der Waals surface area (Å²) in [6, 6.07) is 15.1. The van der Waals surface area contributed by atoms with Crippen molar-refractivity contribution >= 4 is 33.9 Å². The van der Waals surface area contributed by atoms with Crippen LogP contribution in [-0.4, -0.2) is 17.9 Å². The maximum absolute atomic E-state index is 12.5. The standard InChI is InChI=1S/C21H20BrNO3/c1-14-7-8-15(18(22)13-14)9-12-19(24)26-20(16-5-3-2-4-6-16)21(25)23-17-10-11-17/h2-9,12-13,17,20H,10-11H2,1H3,(H,23,25)/b12-9+/t20-/m1/s1. The Morgan fingerprint density at radius 3 is 2.58 bits per heavy atom. The zero-order valence-electron chi connectivity index (χ0n) is 14.4. The Morgan fingerprint density at radius 2 is 1.92 bits per heavy atom. The number of benzene rings is 2. The van der Waals surface area contributed by atoms with Gasteiger partial charge < -0.3 is 10.1 Å². The monoisotopic (exact) mass is 413 g/mol. The maximum Gasteiger partial charge on any atom is 0.331 e. The lowest BCUT2D eigenvalue weighted by Gasteiger charge is -2.17. The fraction of sp³-hybridized carbons (Fsp3) is 0.238. The first-order valence-electron chi connectivity index (χ1n) is 8.53. The SMILES string of the molecule is Cc1ccc(/C=C/C(=O)O[C@@H](C(=O)NC2CC2)c2ccccc2)c(Br)c1. The van der Waals surface area contributed by atoms with Crippen LogP contribution in [0.2, 0.25) is 0 Å². The minimum absolute atomic E-state index is 0.200. The van der Waals surface area contributed by atoms with Gasteiger partial charge in [0.05, 0.1) is 0 Å². The van der Waals surface area contributed by atoms with Crippen molar-refractivity contribution < 1.29 is 14.3 Å². The van der Waals surface area contributed by atoms with Crippen LogP contribution >= 0.6 is 15.9 Å². The number of carbonyl (C=O) groups excluding carboxylic acids is 2. The summed E-state index contributed by atoms with van der Waals surface area (Å²) in [4.78, 5) is 24.8. The topological polar surface area (TPSA) is 55.4 Å². The zero-order chi connectivity index (χ0) is 18.5. The van der Waals surface area contributed by atoms with E-state index in [1.54, 1.807) is 18.2 Å². The molecule has 1 atom stereocenters. The van der Waals surface area contributed by atoms with E-state index in [1.807, 2.05) is 43.3 Å². The van der Waals surface area contributed by atoms with Gasteiger partial charge in [0.25, 0.3) is 5.91 Å². The summed E-state index contributed by atoms with van der Waals surface area (Å²) in [6.07, 6.45) is 4.02. The first-order valence-corrected chi connectivity index (χ1v) is 9.32. The van der Waals surface area contributed by atoms with E-state index in [4.69, 9.17) is 4.74 Å². The van der Waals surface area contributed by atoms with Gasteiger partial charge in [0.15, 0.2) is 0 Å². The molecule has 0 spiro atoms. The van der Waals surface area contributed by atoms with Crippen LogP contribution in [0.5, 0.6) is 0 Å². The highest BCUT2D eigenvalue weighted by Gasteiger charge is 2.30. The van der Waals surface area contributed by atoms with E-state index in [0.717, 1.165) is 28.4 Å². The molecule has 0 radical (unpaired) electrons. The lowest BCUT2D eigenvalue weighted by Crippen LogP contribution is -2.33. The third-order valence-electron chi connectivity index (χ3n) is 4.05. The normalized spacial score (nSPS) is 14.8. The van der Waals surface area contributed by atoms with E-state index >= 15 is 0 Å². The Bertz CT molecular complexity index is 828. The summed E-state index contributed by atoms with van der Waals surface area (Å²) in [5, 5.41) is 2.90. The number of rotatable bonds is 6. The third-order valence-corrected chi connectivity index (χ3v) is 4.74. The van der Waals surface area contributed by atoms with Crippen molar-refractivity contribution in [3.8, 4) is 0 Å². The number of nitrogens with one attached hydrogen (secondary N) is 1. The first kappa shape index (κ1) is 18.4. The van der Waals surface area contributed by atoms with Gasteiger partial charge in [-0.2, -0.15) is 0 Å². The molecule has 2 aromatic carbocycles. The molecule has 4 nitrogen and oxygen atoms in total. The van der Waals surface area contributed by atoms with Gasteiger partial charge in [0.1, 0.15) is 0 Å². The Labute approximate surface area is 161 Å². The van der Waals surface area contributed by atoms with Crippen molar-refractivity contribution in [2.75, 3.05) is 0 Å². The Kier molecular flexibility index (Phi) is 5.89. The van der Waals surface area contributed by atoms with Gasteiger partial charge in [-0.3, -0.25) is 4.79 Å². The van der Waals surface area contributed by atoms with Crippen LogP contribution in [0.3, 0.4) is 0 Å². The lowest BCUT2D eigenvalue weighted by molar-refractivity contribution is -0.151. The average molecular weight is 414 g/mol. The van der Waals surface area contributed by atoms with E-state index in [1.165, 1.54) is 6.08 Å². The van der Waals surface area contributed by atoms with Gasteiger partial charge in [-0.25, -0.2) is 4.79 Å². The van der Waals surface area contributed by atoms with Gasteiger partial charge in [0, 0.05) is 22.2 Å². The van der Waals surface area contributed by atoms with Crippen LogP contribution in [0.1, 0.15) is 35.6 Å². The highest BCUT2D eigenvalue weighted by Crippen LogP contribution is 2.24. The number of hydrogen-bond acceptors (Lipinski definition) is 3. The van der Waals surface area contributed by atoms with Crippen molar-refractivity contribution in [3.05, 3.63) is 75.8 Å². The second-order valence-corrected chi connectivity index (χ2v) is 7.22. The number of carbonyl (C=O) groups is 2. The molecule has 1 fully saturated rings. The largest absolute Gasteiger partial charge is 0.444 e. The molecule has 0 heterocycles. The molecule has 1 aliphatic carbocycles. The predicted octanol–water partition coefficient (Wildman–Crippen LogP) is 4.33. The molecule has 3 rings (SSSR count). The smallest absolute Gasteiger partial charge is 0.331 e. The van der Waals surface area contributed by atoms with Gasteiger partial charge in [-0.15, -0.1) is 0 Å². The van der Waals surface area contributed by atoms with Crippen LogP contribution in [0.25, 0.3) is 6.08 Å². The Morgan fingerprint density at radius 1 is 1.19 bits per heavy atom. The van der Waals surface area contributed by atoms with Crippen LogP contribution in [0.15, 0.2) is 59.1 Å². The van der Waals surface area contributed by atoms with Gasteiger partial charge in [-0.05, 0) is 43.0 Å². The van der Waals surface area contributed by atoms with Crippen LogP contribution in [0.4, 0.5) is 0 Å². The van der Waals surface area contributed by atoms with E-state index in [0.29, 0.717) is 5.56 Å². The molecule has 1 aliphatic rings. The van der Waals surface area contributed by atoms with Crippen molar-refractivity contribution in [1.29, 1.82) is 0 Å². The molecule has 1 N–H and O–H groups in total. The Hall–Kier alpha value is -2.40.